The molecule has 0 radical (unpaired) electrons. The molecule has 0 spiro atoms. The van der Waals surface area contributed by atoms with E-state index in [1.165, 1.54) is 6.92 Å². The van der Waals surface area contributed by atoms with Crippen LogP contribution in [0.1, 0.15) is 17.3 Å². The first-order valence-corrected chi connectivity index (χ1v) is 5.39. The third-order valence-electron chi connectivity index (χ3n) is 1.61. The van der Waals surface area contributed by atoms with Crippen LogP contribution in [0.5, 0.6) is 0 Å². The zero-order valence-electron chi connectivity index (χ0n) is 6.92. The summed E-state index contributed by atoms with van der Waals surface area (Å²) in [6.07, 6.45) is 0. The van der Waals surface area contributed by atoms with E-state index in [9.17, 15) is 4.79 Å². The van der Waals surface area contributed by atoms with Gasteiger partial charge in [0.05, 0.1) is 4.83 Å². The number of Topliss-reactive ketones (excluding diaryl/α,β-unsaturated/α-hetero) is 1. The molecule has 1 aromatic rings. The van der Waals surface area contributed by atoms with Crippen molar-refractivity contribution < 1.29 is 4.79 Å². The van der Waals surface area contributed by atoms with Gasteiger partial charge < -0.3 is 0 Å². The van der Waals surface area contributed by atoms with E-state index in [4.69, 9.17) is 11.6 Å². The van der Waals surface area contributed by atoms with Crippen molar-refractivity contribution in [3.05, 3.63) is 28.8 Å². The summed E-state index contributed by atoms with van der Waals surface area (Å²) in [5.41, 5.74) is 0.765. The van der Waals surface area contributed by atoms with Gasteiger partial charge in [-0.3, -0.25) is 4.79 Å². The maximum absolute atomic E-state index is 11.1. The first kappa shape index (κ1) is 11.1. The van der Waals surface area contributed by atoms with E-state index >= 15 is 0 Å². The molecule has 0 saturated carbocycles. The molecule has 0 amide bonds. The predicted molar refractivity (Wildman–Crippen MR) is 61.1 cm³/mol. The van der Waals surface area contributed by atoms with Crippen molar-refractivity contribution in [3.8, 4) is 0 Å². The van der Waals surface area contributed by atoms with Crippen LogP contribution >= 0.6 is 40.2 Å². The molecule has 1 unspecified atom stereocenters. The van der Waals surface area contributed by atoms with E-state index in [2.05, 4.69) is 28.6 Å². The van der Waals surface area contributed by atoms with Crippen molar-refractivity contribution in [2.75, 3.05) is 0 Å². The topological polar surface area (TPSA) is 17.1 Å². The van der Waals surface area contributed by atoms with Gasteiger partial charge in [-0.15, -0.1) is 12.6 Å². The summed E-state index contributed by atoms with van der Waals surface area (Å²) in [7, 11) is 0. The molecular formula is C9H8BrClOS. The largest absolute Gasteiger partial charge is 0.298 e. The van der Waals surface area contributed by atoms with Crippen LogP contribution in [0, 0.1) is 0 Å². The second-order valence-electron chi connectivity index (χ2n) is 2.68. The van der Waals surface area contributed by atoms with Crippen molar-refractivity contribution in [1.82, 2.24) is 0 Å². The Balaban J connectivity index is 3.12. The van der Waals surface area contributed by atoms with Crippen LogP contribution in [0.15, 0.2) is 23.1 Å². The summed E-state index contributed by atoms with van der Waals surface area (Å²) in [4.78, 5) is 11.5. The molecule has 70 valence electrons. The fourth-order valence-electron chi connectivity index (χ4n) is 0.944. The predicted octanol–water partition coefficient (Wildman–Crippen LogP) is 3.65. The summed E-state index contributed by atoms with van der Waals surface area (Å²) in [5.74, 6) is 0.0285. The van der Waals surface area contributed by atoms with Crippen LogP contribution in [0.3, 0.4) is 0 Å². The maximum atomic E-state index is 11.1. The Hall–Kier alpha value is 0.01000. The van der Waals surface area contributed by atoms with Gasteiger partial charge in [0.15, 0.2) is 0 Å². The Kier molecular flexibility index (Phi) is 3.83. The second-order valence-corrected chi connectivity index (χ2v) is 4.52. The molecule has 0 fully saturated rings. The number of hydrogen-bond donors (Lipinski definition) is 1. The Morgan fingerprint density at radius 1 is 1.62 bits per heavy atom. The molecule has 1 aromatic carbocycles. The molecule has 0 heterocycles. The maximum Gasteiger partial charge on any atom is 0.147 e. The minimum Gasteiger partial charge on any atom is -0.298 e. The van der Waals surface area contributed by atoms with Crippen LogP contribution in [-0.2, 0) is 4.79 Å². The molecule has 0 bridgehead atoms. The smallest absolute Gasteiger partial charge is 0.147 e. The van der Waals surface area contributed by atoms with E-state index in [1.807, 2.05) is 0 Å². The molecule has 0 N–H and O–H groups in total. The van der Waals surface area contributed by atoms with Crippen LogP contribution in [-0.4, -0.2) is 5.78 Å². The molecule has 0 aliphatic heterocycles. The van der Waals surface area contributed by atoms with Crippen LogP contribution < -0.4 is 0 Å². The zero-order chi connectivity index (χ0) is 10.0. The minimum absolute atomic E-state index is 0.0285. The molecule has 0 aliphatic rings. The van der Waals surface area contributed by atoms with Gasteiger partial charge in [-0.2, -0.15) is 0 Å². The number of benzene rings is 1. The van der Waals surface area contributed by atoms with E-state index in [0.717, 1.165) is 10.5 Å². The lowest BCUT2D eigenvalue weighted by Crippen LogP contribution is -2.01. The molecule has 4 heteroatoms. The average Bonchev–Trinajstić information content (AvgIpc) is 2.08. The van der Waals surface area contributed by atoms with Gasteiger partial charge in [0, 0.05) is 9.92 Å². The molecule has 0 aliphatic carbocycles. The lowest BCUT2D eigenvalue weighted by molar-refractivity contribution is -0.116. The Morgan fingerprint density at radius 3 is 2.77 bits per heavy atom. The van der Waals surface area contributed by atoms with Crippen molar-refractivity contribution in [3.63, 3.8) is 0 Å². The van der Waals surface area contributed by atoms with E-state index < -0.39 is 0 Å². The molecule has 0 saturated heterocycles. The number of hydrogen-bond acceptors (Lipinski definition) is 2. The lowest BCUT2D eigenvalue weighted by Gasteiger charge is -2.08. The van der Waals surface area contributed by atoms with E-state index in [1.54, 1.807) is 18.2 Å². The Bertz CT molecular complexity index is 340. The fourth-order valence-corrected chi connectivity index (χ4v) is 1.90. The van der Waals surface area contributed by atoms with Crippen molar-refractivity contribution in [2.45, 2.75) is 16.6 Å². The van der Waals surface area contributed by atoms with Gasteiger partial charge in [0.1, 0.15) is 5.78 Å². The highest BCUT2D eigenvalue weighted by atomic mass is 79.9. The number of carbonyl (C=O) groups excluding carboxylic acids is 1. The second kappa shape index (κ2) is 4.49. The van der Waals surface area contributed by atoms with Crippen LogP contribution in [0.4, 0.5) is 0 Å². The van der Waals surface area contributed by atoms with E-state index in [0.29, 0.717) is 5.02 Å². The minimum atomic E-state index is -0.341. The third kappa shape index (κ3) is 2.73. The lowest BCUT2D eigenvalue weighted by atomic mass is 10.1. The average molecular weight is 280 g/mol. The number of carbonyl (C=O) groups is 1. The Morgan fingerprint density at radius 2 is 2.23 bits per heavy atom. The van der Waals surface area contributed by atoms with Gasteiger partial charge >= 0.3 is 0 Å². The highest BCUT2D eigenvalue weighted by Crippen LogP contribution is 2.31. The van der Waals surface area contributed by atoms with Gasteiger partial charge in [0.2, 0.25) is 0 Å². The Labute approximate surface area is 96.0 Å². The summed E-state index contributed by atoms with van der Waals surface area (Å²) in [5, 5.41) is 0.579. The molecule has 1 atom stereocenters. The van der Waals surface area contributed by atoms with Crippen LogP contribution in [0.25, 0.3) is 0 Å². The van der Waals surface area contributed by atoms with Crippen molar-refractivity contribution >= 4 is 45.9 Å². The van der Waals surface area contributed by atoms with Gasteiger partial charge in [-0.05, 0) is 30.7 Å². The standard InChI is InChI=1S/C9H8BrClOS/c1-5(12)9(10)7-4-6(13)2-3-8(7)11/h2-4,9,13H,1H3. The number of halogens is 2. The quantitative estimate of drug-likeness (QED) is 0.646. The summed E-state index contributed by atoms with van der Waals surface area (Å²) < 4.78 is 0. The first-order valence-electron chi connectivity index (χ1n) is 3.65. The van der Waals surface area contributed by atoms with Crippen molar-refractivity contribution in [1.29, 1.82) is 0 Å². The number of rotatable bonds is 2. The SMILES string of the molecule is CC(=O)C(Br)c1cc(S)ccc1Cl. The molecule has 1 rings (SSSR count). The molecule has 0 aromatic heterocycles. The summed E-state index contributed by atoms with van der Waals surface area (Å²) >= 11 is 13.4. The van der Waals surface area contributed by atoms with Gasteiger partial charge in [-0.1, -0.05) is 27.5 Å². The van der Waals surface area contributed by atoms with Gasteiger partial charge in [0.25, 0.3) is 0 Å². The number of ketones is 1. The molecule has 1 nitrogen and oxygen atoms in total. The molecular weight excluding hydrogens is 272 g/mol. The van der Waals surface area contributed by atoms with Crippen LogP contribution in [0.2, 0.25) is 5.02 Å². The fraction of sp³-hybridized carbons (Fsp3) is 0.222. The van der Waals surface area contributed by atoms with E-state index in [-0.39, 0.29) is 10.6 Å². The zero-order valence-corrected chi connectivity index (χ0v) is 10.2. The van der Waals surface area contributed by atoms with Gasteiger partial charge in [-0.25, -0.2) is 0 Å². The first-order chi connectivity index (χ1) is 6.02. The number of alkyl halides is 1. The monoisotopic (exact) mass is 278 g/mol. The highest BCUT2D eigenvalue weighted by molar-refractivity contribution is 9.09. The summed E-state index contributed by atoms with van der Waals surface area (Å²) in [6, 6.07) is 5.30. The number of thiol groups is 1. The van der Waals surface area contributed by atoms with Crippen molar-refractivity contribution in [2.24, 2.45) is 0 Å². The normalized spacial score (nSPS) is 12.6. The summed E-state index contributed by atoms with van der Waals surface area (Å²) in [6.45, 7) is 1.51. The molecule has 13 heavy (non-hydrogen) atoms. The third-order valence-corrected chi connectivity index (χ3v) is 3.37. The highest BCUT2D eigenvalue weighted by Gasteiger charge is 2.15.